The number of hydrogen-bond donors (Lipinski definition) is 1. The highest BCUT2D eigenvalue weighted by molar-refractivity contribution is 7.18. The zero-order valence-corrected chi connectivity index (χ0v) is 22.4. The lowest BCUT2D eigenvalue weighted by Gasteiger charge is -2.39. The summed E-state index contributed by atoms with van der Waals surface area (Å²) in [5, 5.41) is 16.8. The molecule has 4 aromatic rings. The van der Waals surface area contributed by atoms with Gasteiger partial charge in [0.25, 0.3) is 5.89 Å². The summed E-state index contributed by atoms with van der Waals surface area (Å²) >= 11 is 13.9. The summed E-state index contributed by atoms with van der Waals surface area (Å²) in [5.74, 6) is 1.71. The molecule has 5 rings (SSSR count). The number of nitrogens with zero attached hydrogens (tertiary/aromatic N) is 5. The van der Waals surface area contributed by atoms with Gasteiger partial charge in [0, 0.05) is 43.3 Å². The van der Waals surface area contributed by atoms with Crippen molar-refractivity contribution in [2.24, 2.45) is 0 Å². The molecule has 0 unspecified atom stereocenters. The average molecular weight is 548 g/mol. The minimum absolute atomic E-state index is 0.238. The van der Waals surface area contributed by atoms with Crippen LogP contribution in [0.5, 0.6) is 5.75 Å². The van der Waals surface area contributed by atoms with Crippen LogP contribution >= 0.6 is 34.5 Å². The van der Waals surface area contributed by atoms with E-state index in [1.807, 2.05) is 25.1 Å². The predicted octanol–water partition coefficient (Wildman–Crippen LogP) is 4.91. The smallest absolute Gasteiger partial charge is 0.259 e. The standard InChI is InChI=1S/C25H27Cl2N5O3S/c1-15-11-31(12-18(33)14-34-19-4-6-23-22(10-19)28-16(2)36-23)7-8-32(15)13-24-29-25(35-30-24)20-5-3-17(26)9-21(20)27/h3-6,9-10,15,18,33H,7-8,11-14H2,1-2H3/t15-,18+/m0/s1. The van der Waals surface area contributed by atoms with E-state index in [2.05, 4.69) is 31.8 Å². The molecule has 11 heteroatoms. The van der Waals surface area contributed by atoms with Gasteiger partial charge in [-0.2, -0.15) is 4.98 Å². The number of thiazole rings is 1. The fraction of sp³-hybridized carbons (Fsp3) is 0.400. The molecule has 0 bridgehead atoms. The molecule has 0 amide bonds. The number of hydrogen-bond acceptors (Lipinski definition) is 9. The highest BCUT2D eigenvalue weighted by Gasteiger charge is 2.26. The Hall–Kier alpha value is -2.27. The van der Waals surface area contributed by atoms with E-state index in [4.69, 9.17) is 32.5 Å². The largest absolute Gasteiger partial charge is 0.491 e. The molecule has 2 aromatic heterocycles. The Labute approximate surface area is 223 Å². The van der Waals surface area contributed by atoms with Gasteiger partial charge in [0.15, 0.2) is 5.82 Å². The minimum atomic E-state index is -0.583. The maximum Gasteiger partial charge on any atom is 0.259 e. The van der Waals surface area contributed by atoms with E-state index in [-0.39, 0.29) is 12.6 Å². The first-order valence-electron chi connectivity index (χ1n) is 11.8. The lowest BCUT2D eigenvalue weighted by Crippen LogP contribution is -2.53. The SMILES string of the molecule is Cc1nc2cc(OC[C@H](O)CN3CCN(Cc4noc(-c5ccc(Cl)cc5Cl)n4)[C@@H](C)C3)ccc2s1. The van der Waals surface area contributed by atoms with Crippen LogP contribution in [0.1, 0.15) is 17.8 Å². The Balaban J connectivity index is 1.10. The van der Waals surface area contributed by atoms with Crippen LogP contribution in [0.2, 0.25) is 10.0 Å². The number of aromatic nitrogens is 3. The quantitative estimate of drug-likeness (QED) is 0.333. The fourth-order valence-electron chi connectivity index (χ4n) is 4.40. The van der Waals surface area contributed by atoms with Crippen molar-refractivity contribution in [3.8, 4) is 17.2 Å². The van der Waals surface area contributed by atoms with Crippen molar-refractivity contribution in [1.29, 1.82) is 0 Å². The summed E-state index contributed by atoms with van der Waals surface area (Å²) in [7, 11) is 0. The lowest BCUT2D eigenvalue weighted by molar-refractivity contribution is 0.0246. The molecule has 2 atom stereocenters. The molecule has 0 spiro atoms. The van der Waals surface area contributed by atoms with Crippen LogP contribution in [0.3, 0.4) is 0 Å². The van der Waals surface area contributed by atoms with Gasteiger partial charge >= 0.3 is 0 Å². The van der Waals surface area contributed by atoms with E-state index in [9.17, 15) is 5.11 Å². The van der Waals surface area contributed by atoms with E-state index in [0.29, 0.717) is 40.4 Å². The number of piperazine rings is 1. The summed E-state index contributed by atoms with van der Waals surface area (Å²) in [6.45, 7) is 8.02. The van der Waals surface area contributed by atoms with Gasteiger partial charge in [0.2, 0.25) is 0 Å². The molecule has 1 fully saturated rings. The molecule has 36 heavy (non-hydrogen) atoms. The van der Waals surface area contributed by atoms with Crippen molar-refractivity contribution in [2.75, 3.05) is 32.8 Å². The summed E-state index contributed by atoms with van der Waals surface area (Å²) in [4.78, 5) is 13.6. The first kappa shape index (κ1) is 25.4. The lowest BCUT2D eigenvalue weighted by atomic mass is 10.1. The molecule has 0 radical (unpaired) electrons. The van der Waals surface area contributed by atoms with Gasteiger partial charge in [-0.1, -0.05) is 28.4 Å². The number of benzene rings is 2. The monoisotopic (exact) mass is 547 g/mol. The molecule has 0 aliphatic carbocycles. The zero-order chi connectivity index (χ0) is 25.2. The first-order chi connectivity index (χ1) is 17.3. The van der Waals surface area contributed by atoms with Gasteiger partial charge in [-0.3, -0.25) is 9.80 Å². The van der Waals surface area contributed by atoms with Crippen molar-refractivity contribution in [1.82, 2.24) is 24.9 Å². The highest BCUT2D eigenvalue weighted by atomic mass is 35.5. The zero-order valence-electron chi connectivity index (χ0n) is 20.0. The summed E-state index contributed by atoms with van der Waals surface area (Å²) < 4.78 is 12.4. The Morgan fingerprint density at radius 1 is 1.19 bits per heavy atom. The van der Waals surface area contributed by atoms with Gasteiger partial charge in [0.1, 0.15) is 18.5 Å². The number of aliphatic hydroxyl groups is 1. The fourth-order valence-corrected chi connectivity index (χ4v) is 5.70. The van der Waals surface area contributed by atoms with Crippen LogP contribution in [0, 0.1) is 6.92 Å². The van der Waals surface area contributed by atoms with Gasteiger partial charge in [-0.05, 0) is 44.2 Å². The predicted molar refractivity (Wildman–Crippen MR) is 142 cm³/mol. The molecule has 1 saturated heterocycles. The van der Waals surface area contributed by atoms with Crippen LogP contribution in [-0.4, -0.2) is 75.0 Å². The molecule has 1 N–H and O–H groups in total. The number of aryl methyl sites for hydroxylation is 1. The summed E-state index contributed by atoms with van der Waals surface area (Å²) in [6.07, 6.45) is -0.583. The van der Waals surface area contributed by atoms with E-state index < -0.39 is 6.10 Å². The summed E-state index contributed by atoms with van der Waals surface area (Å²) in [6, 6.07) is 11.3. The number of fused-ring (bicyclic) bond motifs is 1. The van der Waals surface area contributed by atoms with E-state index in [0.717, 1.165) is 40.6 Å². The van der Waals surface area contributed by atoms with E-state index >= 15 is 0 Å². The van der Waals surface area contributed by atoms with E-state index in [1.54, 1.807) is 29.5 Å². The van der Waals surface area contributed by atoms with Gasteiger partial charge in [0.05, 0.1) is 32.4 Å². The highest BCUT2D eigenvalue weighted by Crippen LogP contribution is 2.29. The van der Waals surface area contributed by atoms with Crippen molar-refractivity contribution in [3.63, 3.8) is 0 Å². The third kappa shape index (κ3) is 5.99. The Kier molecular flexibility index (Phi) is 7.76. The first-order valence-corrected chi connectivity index (χ1v) is 13.3. The molecule has 190 valence electrons. The van der Waals surface area contributed by atoms with Crippen LogP contribution in [0.25, 0.3) is 21.7 Å². The number of ether oxygens (including phenoxy) is 1. The second-order valence-corrected chi connectivity index (χ2v) is 11.1. The van der Waals surface area contributed by atoms with E-state index in [1.165, 1.54) is 0 Å². The van der Waals surface area contributed by atoms with Crippen molar-refractivity contribution in [3.05, 3.63) is 57.3 Å². The maximum atomic E-state index is 10.6. The Morgan fingerprint density at radius 3 is 2.86 bits per heavy atom. The molecule has 3 heterocycles. The van der Waals surface area contributed by atoms with Gasteiger partial charge in [-0.15, -0.1) is 11.3 Å². The molecular weight excluding hydrogens is 521 g/mol. The topological polar surface area (TPSA) is 87.8 Å². The number of aliphatic hydroxyl groups excluding tert-OH is 1. The van der Waals surface area contributed by atoms with Crippen LogP contribution in [0.15, 0.2) is 40.9 Å². The second kappa shape index (κ2) is 11.0. The van der Waals surface area contributed by atoms with Crippen LogP contribution in [0.4, 0.5) is 0 Å². The van der Waals surface area contributed by atoms with Gasteiger partial charge < -0.3 is 14.4 Å². The van der Waals surface area contributed by atoms with Crippen molar-refractivity contribution >= 4 is 44.8 Å². The van der Waals surface area contributed by atoms with Crippen LogP contribution < -0.4 is 4.74 Å². The molecule has 2 aromatic carbocycles. The van der Waals surface area contributed by atoms with Crippen molar-refractivity contribution < 1.29 is 14.4 Å². The third-order valence-electron chi connectivity index (χ3n) is 6.20. The third-order valence-corrected chi connectivity index (χ3v) is 7.70. The minimum Gasteiger partial charge on any atom is -0.491 e. The average Bonchev–Trinajstić information content (AvgIpc) is 3.44. The Bertz CT molecular complexity index is 1350. The summed E-state index contributed by atoms with van der Waals surface area (Å²) in [5.41, 5.74) is 1.59. The molecule has 1 aliphatic rings. The maximum absolute atomic E-state index is 10.6. The molecule has 8 nitrogen and oxygen atoms in total. The second-order valence-electron chi connectivity index (χ2n) is 9.05. The van der Waals surface area contributed by atoms with Gasteiger partial charge in [-0.25, -0.2) is 4.98 Å². The molecule has 0 saturated carbocycles. The Morgan fingerprint density at radius 2 is 2.06 bits per heavy atom. The molecular formula is C25H27Cl2N5O3S. The van der Waals surface area contributed by atoms with Crippen molar-refractivity contribution in [2.45, 2.75) is 32.5 Å². The number of β-amino-alcohol motifs (C(OH)–C–C–N with tert-alkyl or cyclic N) is 1. The normalized spacial score (nSPS) is 18.1. The number of halogens is 2. The molecule has 1 aliphatic heterocycles. The number of rotatable bonds is 8. The van der Waals surface area contributed by atoms with Crippen LogP contribution in [-0.2, 0) is 6.54 Å².